The molecule has 0 bridgehead atoms. The minimum absolute atomic E-state index is 0.167. The zero-order valence-electron chi connectivity index (χ0n) is 16.4. The summed E-state index contributed by atoms with van der Waals surface area (Å²) in [5, 5.41) is 0. The van der Waals surface area contributed by atoms with Crippen molar-refractivity contribution in [2.75, 3.05) is 0 Å². The van der Waals surface area contributed by atoms with Gasteiger partial charge in [0.05, 0.1) is 22.9 Å². The minimum atomic E-state index is -0.215. The summed E-state index contributed by atoms with van der Waals surface area (Å²) in [5.74, 6) is 0.761. The third-order valence-corrected chi connectivity index (χ3v) is 2.48. The van der Waals surface area contributed by atoms with Crippen molar-refractivity contribution < 1.29 is 19.6 Å². The maximum atomic E-state index is 5.28. The molecule has 1 saturated carbocycles. The lowest BCUT2D eigenvalue weighted by atomic mass is 10.2. The topological polar surface area (TPSA) is 36.9 Å². The van der Waals surface area contributed by atoms with E-state index in [1.54, 1.807) is 0 Å². The molecular weight excluding hydrogens is 280 g/mol. The monoisotopic (exact) mass is 318 g/mol. The molecule has 22 heavy (non-hydrogen) atoms. The first kappa shape index (κ1) is 21.8. The van der Waals surface area contributed by atoms with Crippen LogP contribution in [0, 0.1) is 5.92 Å². The first-order chi connectivity index (χ1) is 9.73. The molecule has 1 aliphatic carbocycles. The highest BCUT2D eigenvalue weighted by Crippen LogP contribution is 2.38. The van der Waals surface area contributed by atoms with Crippen molar-refractivity contribution in [2.45, 2.75) is 111 Å². The fourth-order valence-corrected chi connectivity index (χ4v) is 1.47. The van der Waals surface area contributed by atoms with Gasteiger partial charge in [-0.3, -0.25) is 0 Å². The van der Waals surface area contributed by atoms with Gasteiger partial charge >= 0.3 is 0 Å². The fourth-order valence-electron chi connectivity index (χ4n) is 1.47. The Labute approximate surface area is 137 Å². The van der Waals surface area contributed by atoms with E-state index in [-0.39, 0.29) is 16.8 Å². The van der Waals surface area contributed by atoms with Crippen LogP contribution in [0.4, 0.5) is 0 Å². The van der Waals surface area contributed by atoms with Gasteiger partial charge in [0.25, 0.3) is 0 Å². The average Bonchev–Trinajstić information content (AvgIpc) is 3.01. The molecule has 4 heteroatoms. The highest BCUT2D eigenvalue weighted by molar-refractivity contribution is 4.86. The Hall–Kier alpha value is -0.160. The normalized spacial score (nSPS) is 22.1. The van der Waals surface area contributed by atoms with E-state index in [4.69, 9.17) is 19.6 Å². The lowest BCUT2D eigenvalue weighted by Crippen LogP contribution is -2.27. The Bertz CT molecular complexity index is 280. The summed E-state index contributed by atoms with van der Waals surface area (Å²) in [7, 11) is 0. The summed E-state index contributed by atoms with van der Waals surface area (Å²) in [6, 6.07) is 0. The van der Waals surface area contributed by atoms with Crippen LogP contribution in [0.5, 0.6) is 0 Å². The van der Waals surface area contributed by atoms with Crippen LogP contribution in [0.15, 0.2) is 0 Å². The lowest BCUT2D eigenvalue weighted by molar-refractivity contribution is -0.393. The van der Waals surface area contributed by atoms with E-state index in [1.165, 1.54) is 19.3 Å². The summed E-state index contributed by atoms with van der Waals surface area (Å²) in [6.07, 6.45) is 4.09. The molecule has 134 valence electrons. The van der Waals surface area contributed by atoms with E-state index >= 15 is 0 Å². The van der Waals surface area contributed by atoms with Crippen LogP contribution in [-0.4, -0.2) is 22.9 Å². The van der Waals surface area contributed by atoms with Crippen LogP contribution in [0.25, 0.3) is 0 Å². The van der Waals surface area contributed by atoms with Gasteiger partial charge < -0.3 is 0 Å². The van der Waals surface area contributed by atoms with Crippen molar-refractivity contribution in [2.24, 2.45) is 5.92 Å². The lowest BCUT2D eigenvalue weighted by Gasteiger charge is -2.24. The van der Waals surface area contributed by atoms with E-state index in [1.807, 2.05) is 62.3 Å². The van der Waals surface area contributed by atoms with E-state index in [2.05, 4.69) is 6.92 Å². The van der Waals surface area contributed by atoms with E-state index in [0.717, 1.165) is 5.92 Å². The molecule has 0 aliphatic heterocycles. The predicted molar refractivity (Wildman–Crippen MR) is 90.4 cm³/mol. The van der Waals surface area contributed by atoms with Crippen LogP contribution < -0.4 is 0 Å². The van der Waals surface area contributed by atoms with E-state index in [0.29, 0.717) is 6.10 Å². The highest BCUT2D eigenvalue weighted by Gasteiger charge is 2.39. The van der Waals surface area contributed by atoms with E-state index in [9.17, 15) is 0 Å². The molecule has 2 unspecified atom stereocenters. The Morgan fingerprint density at radius 1 is 0.727 bits per heavy atom. The number of rotatable bonds is 5. The van der Waals surface area contributed by atoms with Gasteiger partial charge in [0.1, 0.15) is 0 Å². The van der Waals surface area contributed by atoms with Crippen LogP contribution in [-0.2, 0) is 19.6 Å². The summed E-state index contributed by atoms with van der Waals surface area (Å²) in [4.78, 5) is 20.7. The van der Waals surface area contributed by atoms with Gasteiger partial charge in [-0.25, -0.2) is 19.6 Å². The molecule has 4 nitrogen and oxygen atoms in total. The molecule has 0 spiro atoms. The molecule has 0 heterocycles. The summed E-state index contributed by atoms with van der Waals surface area (Å²) in [6.45, 7) is 20.0. The van der Waals surface area contributed by atoms with Gasteiger partial charge in [-0.05, 0) is 81.1 Å². The summed E-state index contributed by atoms with van der Waals surface area (Å²) >= 11 is 0. The van der Waals surface area contributed by atoms with E-state index < -0.39 is 0 Å². The first-order valence-corrected chi connectivity index (χ1v) is 8.45. The Kier molecular flexibility index (Phi) is 8.56. The SMILES string of the molecule is CC(C)(C)OOC(C)(C)C.CCCC1CC1OOC(C)(C)C. The second-order valence-corrected chi connectivity index (χ2v) is 9.01. The van der Waals surface area contributed by atoms with Crippen molar-refractivity contribution >= 4 is 0 Å². The number of hydrogen-bond donors (Lipinski definition) is 0. The molecule has 0 aromatic rings. The molecule has 1 fully saturated rings. The quantitative estimate of drug-likeness (QED) is 0.498. The zero-order valence-corrected chi connectivity index (χ0v) is 16.4. The standard InChI is InChI=1S/C10H20O2.C8H18O2/c1-5-6-8-7-9(8)11-12-10(2,3)4;1-7(2,3)9-10-8(4,5)6/h8-9H,5-7H2,1-4H3;1-6H3. The van der Waals surface area contributed by atoms with Gasteiger partial charge in [-0.15, -0.1) is 0 Å². The smallest absolute Gasteiger partial charge is 0.0962 e. The Balaban J connectivity index is 0.000000409. The van der Waals surface area contributed by atoms with Gasteiger partial charge in [0.15, 0.2) is 0 Å². The maximum Gasteiger partial charge on any atom is 0.0962 e. The molecule has 1 rings (SSSR count). The molecule has 2 atom stereocenters. The van der Waals surface area contributed by atoms with Crippen molar-refractivity contribution in [3.63, 3.8) is 0 Å². The molecule has 0 radical (unpaired) electrons. The van der Waals surface area contributed by atoms with Crippen LogP contribution in [0.1, 0.15) is 88.5 Å². The largest absolute Gasteiger partial charge is 0.233 e. The van der Waals surface area contributed by atoms with Gasteiger partial charge in [0, 0.05) is 0 Å². The molecule has 0 amide bonds. The van der Waals surface area contributed by atoms with Crippen molar-refractivity contribution in [3.8, 4) is 0 Å². The summed E-state index contributed by atoms with van der Waals surface area (Å²) in [5.41, 5.74) is -0.597. The number of hydrogen-bond acceptors (Lipinski definition) is 4. The van der Waals surface area contributed by atoms with Gasteiger partial charge in [0.2, 0.25) is 0 Å². The molecule has 1 aliphatic rings. The summed E-state index contributed by atoms with van der Waals surface area (Å²) < 4.78 is 0. The van der Waals surface area contributed by atoms with Crippen molar-refractivity contribution in [1.29, 1.82) is 0 Å². The second-order valence-electron chi connectivity index (χ2n) is 9.01. The molecular formula is C18H38O4. The maximum absolute atomic E-state index is 5.28. The first-order valence-electron chi connectivity index (χ1n) is 8.45. The van der Waals surface area contributed by atoms with Crippen LogP contribution in [0.3, 0.4) is 0 Å². The molecule has 0 N–H and O–H groups in total. The second kappa shape index (κ2) is 8.62. The van der Waals surface area contributed by atoms with Crippen molar-refractivity contribution in [3.05, 3.63) is 0 Å². The predicted octanol–water partition coefficient (Wildman–Crippen LogP) is 5.45. The van der Waals surface area contributed by atoms with Gasteiger partial charge in [-0.1, -0.05) is 13.3 Å². The fraction of sp³-hybridized carbons (Fsp3) is 1.00. The van der Waals surface area contributed by atoms with Crippen LogP contribution >= 0.6 is 0 Å². The zero-order chi connectivity index (χ0) is 17.6. The third kappa shape index (κ3) is 14.8. The Morgan fingerprint density at radius 3 is 1.45 bits per heavy atom. The third-order valence-electron chi connectivity index (χ3n) is 2.48. The Morgan fingerprint density at radius 2 is 1.14 bits per heavy atom. The highest BCUT2D eigenvalue weighted by atomic mass is 17.2. The van der Waals surface area contributed by atoms with Crippen molar-refractivity contribution in [1.82, 2.24) is 0 Å². The molecule has 0 aromatic heterocycles. The minimum Gasteiger partial charge on any atom is -0.233 e. The average molecular weight is 318 g/mol. The van der Waals surface area contributed by atoms with Crippen LogP contribution in [0.2, 0.25) is 0 Å². The molecule has 0 saturated heterocycles. The van der Waals surface area contributed by atoms with Gasteiger partial charge in [-0.2, -0.15) is 0 Å². The molecule has 0 aromatic carbocycles.